The second kappa shape index (κ2) is 4.01. The Morgan fingerprint density at radius 2 is 1.94 bits per heavy atom. The van der Waals surface area contributed by atoms with E-state index in [9.17, 15) is 0 Å². The van der Waals surface area contributed by atoms with Crippen molar-refractivity contribution in [2.45, 2.75) is 12.3 Å². The topological polar surface area (TPSA) is 0 Å². The lowest BCUT2D eigenvalue weighted by molar-refractivity contribution is 0.966. The molecule has 0 nitrogen and oxygen atoms in total. The Bertz CT molecular complexity index is 535. The average molecular weight is 338 g/mol. The van der Waals surface area contributed by atoms with Crippen molar-refractivity contribution in [3.63, 3.8) is 0 Å². The van der Waals surface area contributed by atoms with Crippen molar-refractivity contribution in [2.24, 2.45) is 0 Å². The predicted octanol–water partition coefficient (Wildman–Crippen LogP) is 5.13. The zero-order chi connectivity index (χ0) is 11.1. The molecule has 16 heavy (non-hydrogen) atoms. The van der Waals surface area contributed by atoms with Crippen LogP contribution in [-0.2, 0) is 0 Å². The third-order valence-corrected chi connectivity index (χ3v) is 5.38. The van der Waals surface area contributed by atoms with E-state index in [4.69, 9.17) is 0 Å². The van der Waals surface area contributed by atoms with E-state index in [1.165, 1.54) is 25.7 Å². The molecule has 0 amide bonds. The van der Waals surface area contributed by atoms with Crippen LogP contribution in [0.1, 0.15) is 23.5 Å². The maximum atomic E-state index is 3.73. The smallest absolute Gasteiger partial charge is 0.0389 e. The molecule has 2 aliphatic carbocycles. The van der Waals surface area contributed by atoms with E-state index in [1.54, 1.807) is 0 Å². The van der Waals surface area contributed by atoms with Gasteiger partial charge in [-0.3, -0.25) is 0 Å². The Morgan fingerprint density at radius 3 is 2.69 bits per heavy atom. The lowest BCUT2D eigenvalue weighted by Gasteiger charge is -2.14. The second-order valence-corrected chi connectivity index (χ2v) is 5.70. The molecule has 1 unspecified atom stereocenters. The minimum Gasteiger partial charge on any atom is -0.0804 e. The summed E-state index contributed by atoms with van der Waals surface area (Å²) in [5, 5.41) is 0. The lowest BCUT2D eigenvalue weighted by atomic mass is 9.92. The first kappa shape index (κ1) is 10.5. The average Bonchev–Trinajstić information content (AvgIpc) is 2.89. The van der Waals surface area contributed by atoms with Gasteiger partial charge in [0, 0.05) is 14.9 Å². The van der Waals surface area contributed by atoms with Gasteiger partial charge in [0.05, 0.1) is 0 Å². The van der Waals surface area contributed by atoms with Crippen molar-refractivity contribution < 1.29 is 0 Å². The molecule has 0 saturated heterocycles. The van der Waals surface area contributed by atoms with Gasteiger partial charge in [-0.05, 0) is 33.5 Å². The maximum absolute atomic E-state index is 3.73. The van der Waals surface area contributed by atoms with Gasteiger partial charge in [0.25, 0.3) is 0 Å². The summed E-state index contributed by atoms with van der Waals surface area (Å²) in [6, 6.07) is 8.59. The molecule has 0 fully saturated rings. The van der Waals surface area contributed by atoms with Gasteiger partial charge in [-0.1, -0.05) is 64.0 Å². The summed E-state index contributed by atoms with van der Waals surface area (Å²) in [6.45, 7) is 0. The van der Waals surface area contributed by atoms with Crippen LogP contribution in [0.15, 0.2) is 52.5 Å². The van der Waals surface area contributed by atoms with Crippen LogP contribution >= 0.6 is 31.9 Å². The van der Waals surface area contributed by atoms with Crippen molar-refractivity contribution >= 4 is 36.3 Å². The number of hydrogen-bond donors (Lipinski definition) is 0. The molecule has 80 valence electrons. The minimum absolute atomic E-state index is 0.403. The van der Waals surface area contributed by atoms with Crippen molar-refractivity contribution in [3.05, 3.63) is 63.7 Å². The highest BCUT2D eigenvalue weighted by Crippen LogP contribution is 2.51. The van der Waals surface area contributed by atoms with Gasteiger partial charge in [-0.15, -0.1) is 0 Å². The first-order valence-electron chi connectivity index (χ1n) is 5.29. The van der Waals surface area contributed by atoms with Gasteiger partial charge >= 0.3 is 0 Å². The third-order valence-electron chi connectivity index (χ3n) is 3.14. The first-order valence-corrected chi connectivity index (χ1v) is 6.87. The van der Waals surface area contributed by atoms with E-state index in [0.29, 0.717) is 5.92 Å². The van der Waals surface area contributed by atoms with Gasteiger partial charge in [0.15, 0.2) is 0 Å². The minimum atomic E-state index is 0.403. The van der Waals surface area contributed by atoms with Crippen LogP contribution in [0.5, 0.6) is 0 Å². The van der Waals surface area contributed by atoms with E-state index in [-0.39, 0.29) is 0 Å². The van der Waals surface area contributed by atoms with Gasteiger partial charge in [-0.2, -0.15) is 0 Å². The standard InChI is InChI=1S/C14H10Br2/c15-13-11-8-4-3-7-10(11)12(14(13)16)9-5-1-2-6-9/h1-5,7-8,12H,6H2. The zero-order valence-electron chi connectivity index (χ0n) is 8.58. The number of benzene rings is 1. The molecule has 1 atom stereocenters. The number of allylic oxidation sites excluding steroid dienone is 5. The number of rotatable bonds is 1. The molecule has 1 aromatic carbocycles. The summed E-state index contributed by atoms with van der Waals surface area (Å²) >= 11 is 7.40. The molecule has 0 N–H and O–H groups in total. The Labute approximate surface area is 112 Å². The van der Waals surface area contributed by atoms with Crippen LogP contribution in [0.25, 0.3) is 4.48 Å². The summed E-state index contributed by atoms with van der Waals surface area (Å²) in [6.07, 6.45) is 7.65. The van der Waals surface area contributed by atoms with E-state index in [2.05, 4.69) is 74.4 Å². The largest absolute Gasteiger partial charge is 0.0804 e. The molecule has 0 bridgehead atoms. The van der Waals surface area contributed by atoms with Crippen molar-refractivity contribution in [2.75, 3.05) is 0 Å². The van der Waals surface area contributed by atoms with Gasteiger partial charge in [-0.25, -0.2) is 0 Å². The molecule has 0 aliphatic heterocycles. The van der Waals surface area contributed by atoms with Crippen LogP contribution in [0.4, 0.5) is 0 Å². The molecule has 0 aromatic heterocycles. The highest BCUT2D eigenvalue weighted by molar-refractivity contribution is 9.16. The first-order chi connectivity index (χ1) is 7.79. The van der Waals surface area contributed by atoms with Crippen LogP contribution in [0.3, 0.4) is 0 Å². The summed E-state index contributed by atoms with van der Waals surface area (Å²) in [5.74, 6) is 0.403. The van der Waals surface area contributed by atoms with Crippen molar-refractivity contribution in [1.82, 2.24) is 0 Å². The monoisotopic (exact) mass is 336 g/mol. The number of halogens is 2. The SMILES string of the molecule is BrC1=C(Br)C(C2=CC=CC2)c2ccccc21. The molecule has 1 aromatic rings. The van der Waals surface area contributed by atoms with Gasteiger partial charge in [0.1, 0.15) is 0 Å². The van der Waals surface area contributed by atoms with Crippen LogP contribution in [0, 0.1) is 0 Å². The van der Waals surface area contributed by atoms with Crippen molar-refractivity contribution in [1.29, 1.82) is 0 Å². The van der Waals surface area contributed by atoms with Gasteiger partial charge in [0.2, 0.25) is 0 Å². The quantitative estimate of drug-likeness (QED) is 0.666. The number of hydrogen-bond acceptors (Lipinski definition) is 0. The summed E-state index contributed by atoms with van der Waals surface area (Å²) in [4.78, 5) is 0. The van der Waals surface area contributed by atoms with Gasteiger partial charge < -0.3 is 0 Å². The molecule has 0 radical (unpaired) electrons. The summed E-state index contributed by atoms with van der Waals surface area (Å²) in [7, 11) is 0. The fourth-order valence-electron chi connectivity index (χ4n) is 2.38. The molecule has 2 aliphatic rings. The van der Waals surface area contributed by atoms with E-state index < -0.39 is 0 Å². The maximum Gasteiger partial charge on any atom is 0.0389 e. The zero-order valence-corrected chi connectivity index (χ0v) is 11.8. The predicted molar refractivity (Wildman–Crippen MR) is 75.8 cm³/mol. The normalized spacial score (nSPS) is 22.6. The van der Waals surface area contributed by atoms with Crippen LogP contribution in [0.2, 0.25) is 0 Å². The fourth-order valence-corrected chi connectivity index (χ4v) is 3.73. The molecule has 0 spiro atoms. The highest BCUT2D eigenvalue weighted by atomic mass is 79.9. The Morgan fingerprint density at radius 1 is 1.12 bits per heavy atom. The van der Waals surface area contributed by atoms with E-state index in [0.717, 1.165) is 6.42 Å². The summed E-state index contributed by atoms with van der Waals surface area (Å²) < 4.78 is 2.45. The number of fused-ring (bicyclic) bond motifs is 1. The molecule has 0 saturated carbocycles. The Kier molecular flexibility index (Phi) is 2.64. The van der Waals surface area contributed by atoms with E-state index in [1.807, 2.05) is 0 Å². The fraction of sp³-hybridized carbons (Fsp3) is 0.143. The summed E-state index contributed by atoms with van der Waals surface area (Å²) in [5.41, 5.74) is 4.18. The lowest BCUT2D eigenvalue weighted by Crippen LogP contribution is -1.98. The van der Waals surface area contributed by atoms with E-state index >= 15 is 0 Å². The Balaban J connectivity index is 2.14. The Hall–Kier alpha value is -0.600. The molecular weight excluding hydrogens is 328 g/mol. The van der Waals surface area contributed by atoms with Crippen molar-refractivity contribution in [3.8, 4) is 0 Å². The molecule has 0 heterocycles. The third kappa shape index (κ3) is 1.47. The molecular formula is C14H10Br2. The molecule has 3 rings (SSSR count). The highest BCUT2D eigenvalue weighted by Gasteiger charge is 2.30. The molecule has 2 heteroatoms. The second-order valence-electron chi connectivity index (χ2n) is 4.06. The van der Waals surface area contributed by atoms with Crippen LogP contribution in [-0.4, -0.2) is 0 Å². The van der Waals surface area contributed by atoms with Crippen LogP contribution < -0.4 is 0 Å².